The zero-order valence-corrected chi connectivity index (χ0v) is 20.5. The lowest BCUT2D eigenvalue weighted by Gasteiger charge is -2.19. The van der Waals surface area contributed by atoms with Gasteiger partial charge in [-0.1, -0.05) is 12.1 Å². The fourth-order valence-electron chi connectivity index (χ4n) is 2.78. The van der Waals surface area contributed by atoms with Crippen LogP contribution in [0.3, 0.4) is 0 Å². The third kappa shape index (κ3) is 7.04. The number of alkyl carbamates (subject to hydrolysis) is 1. The van der Waals surface area contributed by atoms with E-state index in [1.165, 1.54) is 36.5 Å². The summed E-state index contributed by atoms with van der Waals surface area (Å²) in [5.41, 5.74) is -0.169. The Morgan fingerprint density at radius 2 is 1.61 bits per heavy atom. The molecule has 2 aromatic rings. The van der Waals surface area contributed by atoms with Gasteiger partial charge in [-0.3, -0.25) is 0 Å². The number of carbonyl (C=O) groups is 2. The number of ether oxygens (including phenoxy) is 2. The van der Waals surface area contributed by atoms with Crippen LogP contribution in [-0.2, 0) is 29.5 Å². The predicted molar refractivity (Wildman–Crippen MR) is 121 cm³/mol. The monoisotopic (exact) mass is 501 g/mol. The van der Waals surface area contributed by atoms with Gasteiger partial charge in [0.25, 0.3) is 0 Å². The molecule has 0 unspecified atom stereocenters. The third-order valence-corrected chi connectivity index (χ3v) is 6.64. The van der Waals surface area contributed by atoms with Gasteiger partial charge in [0.1, 0.15) is 11.3 Å². The van der Waals surface area contributed by atoms with Crippen LogP contribution in [0.5, 0.6) is 0 Å². The molecule has 1 aromatic heterocycles. The minimum Gasteiger partial charge on any atom is -0.464 e. The van der Waals surface area contributed by atoms with Crippen LogP contribution < -0.4 is 10.0 Å². The van der Waals surface area contributed by atoms with Gasteiger partial charge in [-0.15, -0.1) is 0 Å². The fourth-order valence-corrected chi connectivity index (χ4v) is 4.60. The molecule has 1 heterocycles. The Labute approximate surface area is 193 Å². The standard InChI is InChI=1S/C20H27N3O8S2/c1-20(2,3)31-19(25)21-11-12-22-33(28,29)15-8-6-14(7-9-15)16-10-13-23(32(5,26)27)17(16)18(24)30-4/h6-10,13,22H,11-12H2,1-5H3,(H,21,25). The smallest absolute Gasteiger partial charge is 0.407 e. The molecule has 0 atom stereocenters. The first-order chi connectivity index (χ1) is 15.2. The van der Waals surface area contributed by atoms with Crippen molar-refractivity contribution < 1.29 is 35.9 Å². The number of methoxy groups -OCH3 is 1. The van der Waals surface area contributed by atoms with Gasteiger partial charge in [0, 0.05) is 24.8 Å². The molecule has 0 saturated carbocycles. The van der Waals surface area contributed by atoms with Gasteiger partial charge >= 0.3 is 12.1 Å². The molecule has 33 heavy (non-hydrogen) atoms. The zero-order chi connectivity index (χ0) is 25.0. The third-order valence-electron chi connectivity index (χ3n) is 4.15. The van der Waals surface area contributed by atoms with Gasteiger partial charge in [-0.05, 0) is 44.5 Å². The number of rotatable bonds is 8. The van der Waals surface area contributed by atoms with E-state index in [0.29, 0.717) is 5.56 Å². The Kier molecular flexibility index (Phi) is 7.93. The number of amides is 1. The number of hydrogen-bond donors (Lipinski definition) is 2. The van der Waals surface area contributed by atoms with Gasteiger partial charge in [0.05, 0.1) is 18.3 Å². The Morgan fingerprint density at radius 1 is 1.00 bits per heavy atom. The van der Waals surface area contributed by atoms with E-state index < -0.39 is 37.7 Å². The summed E-state index contributed by atoms with van der Waals surface area (Å²) in [5, 5.41) is 2.45. The first kappa shape index (κ1) is 26.4. The topological polar surface area (TPSA) is 150 Å². The van der Waals surface area contributed by atoms with Crippen LogP contribution in [-0.4, -0.2) is 64.9 Å². The lowest BCUT2D eigenvalue weighted by atomic mass is 10.1. The number of benzene rings is 1. The number of sulfonamides is 1. The summed E-state index contributed by atoms with van der Waals surface area (Å²) in [4.78, 5) is 23.7. The molecular formula is C20H27N3O8S2. The molecular weight excluding hydrogens is 474 g/mol. The second-order valence-electron chi connectivity index (χ2n) is 7.98. The highest BCUT2D eigenvalue weighted by Gasteiger charge is 2.24. The average molecular weight is 502 g/mol. The zero-order valence-electron chi connectivity index (χ0n) is 18.9. The Balaban J connectivity index is 2.15. The number of hydrogen-bond acceptors (Lipinski definition) is 8. The number of carbonyl (C=O) groups excluding carboxylic acids is 2. The summed E-state index contributed by atoms with van der Waals surface area (Å²) in [6.07, 6.45) is 1.51. The summed E-state index contributed by atoms with van der Waals surface area (Å²) in [7, 11) is -6.51. The molecule has 0 bridgehead atoms. The Morgan fingerprint density at radius 3 is 2.12 bits per heavy atom. The molecule has 2 N–H and O–H groups in total. The van der Waals surface area contributed by atoms with Crippen molar-refractivity contribution in [2.24, 2.45) is 0 Å². The molecule has 0 aliphatic rings. The van der Waals surface area contributed by atoms with Crippen LogP contribution in [0.25, 0.3) is 11.1 Å². The molecule has 0 spiro atoms. The summed E-state index contributed by atoms with van der Waals surface area (Å²) < 4.78 is 61.9. The van der Waals surface area contributed by atoms with Gasteiger partial charge < -0.3 is 14.8 Å². The quantitative estimate of drug-likeness (QED) is 0.409. The molecule has 13 heteroatoms. The molecule has 182 valence electrons. The van der Waals surface area contributed by atoms with Crippen LogP contribution in [0.1, 0.15) is 31.3 Å². The highest BCUT2D eigenvalue weighted by molar-refractivity contribution is 7.89. The van der Waals surface area contributed by atoms with Crippen LogP contribution in [0, 0.1) is 0 Å². The van der Waals surface area contributed by atoms with Crippen molar-refractivity contribution >= 4 is 32.1 Å². The van der Waals surface area contributed by atoms with Crippen LogP contribution in [0.2, 0.25) is 0 Å². The maximum atomic E-state index is 12.5. The van der Waals surface area contributed by atoms with Gasteiger partial charge in [0.15, 0.2) is 0 Å². The summed E-state index contributed by atoms with van der Waals surface area (Å²) in [6, 6.07) is 6.96. The minimum absolute atomic E-state index is 0.0216. The first-order valence-electron chi connectivity index (χ1n) is 9.73. The van der Waals surface area contributed by atoms with Crippen LogP contribution >= 0.6 is 0 Å². The summed E-state index contributed by atoms with van der Waals surface area (Å²) >= 11 is 0. The van der Waals surface area contributed by atoms with Crippen molar-refractivity contribution in [3.05, 3.63) is 42.2 Å². The molecule has 0 saturated heterocycles. The Hall–Kier alpha value is -2.90. The lowest BCUT2D eigenvalue weighted by Crippen LogP contribution is -2.37. The molecule has 0 fully saturated rings. The molecule has 11 nitrogen and oxygen atoms in total. The van der Waals surface area contributed by atoms with E-state index >= 15 is 0 Å². The van der Waals surface area contributed by atoms with Crippen LogP contribution in [0.15, 0.2) is 41.4 Å². The lowest BCUT2D eigenvalue weighted by molar-refractivity contribution is 0.0527. The van der Waals surface area contributed by atoms with E-state index in [9.17, 15) is 26.4 Å². The largest absolute Gasteiger partial charge is 0.464 e. The maximum absolute atomic E-state index is 12.5. The van der Waals surface area contributed by atoms with E-state index in [2.05, 4.69) is 10.0 Å². The molecule has 1 aromatic carbocycles. The maximum Gasteiger partial charge on any atom is 0.407 e. The highest BCUT2D eigenvalue weighted by Crippen LogP contribution is 2.27. The molecule has 0 aliphatic heterocycles. The normalized spacial score (nSPS) is 12.3. The molecule has 2 rings (SSSR count). The highest BCUT2D eigenvalue weighted by atomic mass is 32.2. The van der Waals surface area contributed by atoms with Crippen molar-refractivity contribution in [1.82, 2.24) is 14.0 Å². The molecule has 1 amide bonds. The number of nitrogens with one attached hydrogen (secondary N) is 2. The van der Waals surface area contributed by atoms with Gasteiger partial charge in [-0.25, -0.2) is 35.1 Å². The van der Waals surface area contributed by atoms with Gasteiger partial charge in [0.2, 0.25) is 20.0 Å². The minimum atomic E-state index is -3.88. The first-order valence-corrected chi connectivity index (χ1v) is 13.1. The van der Waals surface area contributed by atoms with Crippen molar-refractivity contribution in [2.45, 2.75) is 31.3 Å². The van der Waals surface area contributed by atoms with Gasteiger partial charge in [-0.2, -0.15) is 0 Å². The van der Waals surface area contributed by atoms with Crippen molar-refractivity contribution in [1.29, 1.82) is 0 Å². The summed E-state index contributed by atoms with van der Waals surface area (Å²) in [5.74, 6) is -0.851. The molecule has 0 radical (unpaired) electrons. The van der Waals surface area contributed by atoms with Crippen molar-refractivity contribution in [2.75, 3.05) is 26.5 Å². The second kappa shape index (κ2) is 9.93. The van der Waals surface area contributed by atoms with E-state index in [1.54, 1.807) is 20.8 Å². The number of esters is 1. The molecule has 0 aliphatic carbocycles. The number of nitrogens with zero attached hydrogens (tertiary/aromatic N) is 1. The fraction of sp³-hybridized carbons (Fsp3) is 0.400. The van der Waals surface area contributed by atoms with E-state index in [-0.39, 0.29) is 29.2 Å². The van der Waals surface area contributed by atoms with E-state index in [4.69, 9.17) is 9.47 Å². The average Bonchev–Trinajstić information content (AvgIpc) is 3.15. The van der Waals surface area contributed by atoms with E-state index in [0.717, 1.165) is 17.3 Å². The Bertz CT molecular complexity index is 1230. The van der Waals surface area contributed by atoms with Crippen molar-refractivity contribution in [3.63, 3.8) is 0 Å². The predicted octanol–water partition coefficient (Wildman–Crippen LogP) is 1.55. The van der Waals surface area contributed by atoms with Crippen LogP contribution in [0.4, 0.5) is 4.79 Å². The second-order valence-corrected chi connectivity index (χ2v) is 11.6. The van der Waals surface area contributed by atoms with E-state index in [1.807, 2.05) is 0 Å². The number of aromatic nitrogens is 1. The SMILES string of the molecule is COC(=O)c1c(-c2ccc(S(=O)(=O)NCCNC(=O)OC(C)(C)C)cc2)ccn1S(C)(=O)=O. The van der Waals surface area contributed by atoms with Crippen molar-refractivity contribution in [3.8, 4) is 11.1 Å². The summed E-state index contributed by atoms with van der Waals surface area (Å²) in [6.45, 7) is 5.09.